The van der Waals surface area contributed by atoms with Crippen molar-refractivity contribution >= 4 is 22.6 Å². The van der Waals surface area contributed by atoms with E-state index >= 15 is 0 Å². The summed E-state index contributed by atoms with van der Waals surface area (Å²) in [7, 11) is 0. The van der Waals surface area contributed by atoms with Crippen molar-refractivity contribution in [3.63, 3.8) is 0 Å². The van der Waals surface area contributed by atoms with E-state index in [-0.39, 0.29) is 5.43 Å². The third-order valence-electron chi connectivity index (χ3n) is 4.82. The lowest BCUT2D eigenvalue weighted by atomic mass is 10.1. The Labute approximate surface area is 178 Å². The number of hydrogen-bond donors (Lipinski definition) is 1. The SMILES string of the molecule is C[C@H](Oc1ccc2c(=O)c(-c3ccccc3)coc2c1)C(=O)Nc1ccccc1C#N. The molecular weight excluding hydrogens is 392 g/mol. The second-order valence-electron chi connectivity index (χ2n) is 6.91. The molecule has 0 fully saturated rings. The minimum Gasteiger partial charge on any atom is -0.481 e. The topological polar surface area (TPSA) is 92.3 Å². The number of ether oxygens (including phenoxy) is 1. The van der Waals surface area contributed by atoms with Gasteiger partial charge in [-0.1, -0.05) is 42.5 Å². The van der Waals surface area contributed by atoms with E-state index in [1.165, 1.54) is 6.26 Å². The predicted molar refractivity (Wildman–Crippen MR) is 118 cm³/mol. The van der Waals surface area contributed by atoms with Gasteiger partial charge in [0.05, 0.1) is 22.2 Å². The largest absolute Gasteiger partial charge is 0.481 e. The quantitative estimate of drug-likeness (QED) is 0.513. The van der Waals surface area contributed by atoms with Gasteiger partial charge in [0.2, 0.25) is 0 Å². The minimum absolute atomic E-state index is 0.141. The van der Waals surface area contributed by atoms with Gasteiger partial charge in [0.1, 0.15) is 23.7 Å². The third-order valence-corrected chi connectivity index (χ3v) is 4.82. The lowest BCUT2D eigenvalue weighted by molar-refractivity contribution is -0.122. The number of hydrogen-bond acceptors (Lipinski definition) is 5. The van der Waals surface area contributed by atoms with E-state index in [1.807, 2.05) is 36.4 Å². The molecule has 6 nitrogen and oxygen atoms in total. The second kappa shape index (κ2) is 8.56. The average Bonchev–Trinajstić information content (AvgIpc) is 2.80. The van der Waals surface area contributed by atoms with Crippen LogP contribution in [-0.4, -0.2) is 12.0 Å². The van der Waals surface area contributed by atoms with Crippen molar-refractivity contribution < 1.29 is 13.9 Å². The molecule has 0 spiro atoms. The van der Waals surface area contributed by atoms with E-state index in [9.17, 15) is 9.59 Å². The van der Waals surface area contributed by atoms with Crippen LogP contribution in [0.1, 0.15) is 12.5 Å². The number of nitrogens with zero attached hydrogens (tertiary/aromatic N) is 1. The van der Waals surface area contributed by atoms with Gasteiger partial charge in [-0.25, -0.2) is 0 Å². The summed E-state index contributed by atoms with van der Waals surface area (Å²) in [5.41, 5.74) is 2.27. The van der Waals surface area contributed by atoms with E-state index in [2.05, 4.69) is 5.32 Å². The lowest BCUT2D eigenvalue weighted by Gasteiger charge is -2.15. The number of carbonyl (C=O) groups excluding carboxylic acids is 1. The summed E-state index contributed by atoms with van der Waals surface area (Å²) in [6, 6.07) is 22.9. The molecule has 1 amide bonds. The fourth-order valence-corrected chi connectivity index (χ4v) is 3.18. The molecular formula is C25H18N2O4. The fraction of sp³-hybridized carbons (Fsp3) is 0.0800. The number of anilines is 1. The molecule has 1 atom stereocenters. The third kappa shape index (κ3) is 4.16. The Balaban J connectivity index is 1.54. The molecule has 152 valence electrons. The molecule has 4 aromatic rings. The van der Waals surface area contributed by atoms with Crippen LogP contribution >= 0.6 is 0 Å². The molecule has 1 heterocycles. The number of benzene rings is 3. The first-order valence-electron chi connectivity index (χ1n) is 9.64. The van der Waals surface area contributed by atoms with Crippen molar-refractivity contribution in [3.8, 4) is 22.9 Å². The second-order valence-corrected chi connectivity index (χ2v) is 6.91. The Morgan fingerprint density at radius 3 is 2.58 bits per heavy atom. The number of para-hydroxylation sites is 1. The number of nitriles is 1. The normalized spacial score (nSPS) is 11.5. The van der Waals surface area contributed by atoms with Crippen molar-refractivity contribution in [2.24, 2.45) is 0 Å². The molecule has 1 N–H and O–H groups in total. The van der Waals surface area contributed by atoms with Gasteiger partial charge in [0.25, 0.3) is 5.91 Å². The molecule has 0 aliphatic heterocycles. The van der Waals surface area contributed by atoms with Gasteiger partial charge in [-0.3, -0.25) is 9.59 Å². The van der Waals surface area contributed by atoms with Crippen LogP contribution in [0.2, 0.25) is 0 Å². The zero-order valence-electron chi connectivity index (χ0n) is 16.7. The Morgan fingerprint density at radius 2 is 1.81 bits per heavy atom. The number of carbonyl (C=O) groups is 1. The van der Waals surface area contributed by atoms with E-state index in [0.29, 0.717) is 33.5 Å². The van der Waals surface area contributed by atoms with Crippen LogP contribution in [0.25, 0.3) is 22.1 Å². The molecule has 0 unspecified atom stereocenters. The highest BCUT2D eigenvalue weighted by Gasteiger charge is 2.17. The van der Waals surface area contributed by atoms with Gasteiger partial charge in [-0.05, 0) is 36.8 Å². The highest BCUT2D eigenvalue weighted by atomic mass is 16.5. The summed E-state index contributed by atoms with van der Waals surface area (Å²) in [6.45, 7) is 1.60. The maximum Gasteiger partial charge on any atom is 0.265 e. The zero-order chi connectivity index (χ0) is 21.8. The van der Waals surface area contributed by atoms with Crippen molar-refractivity contribution in [2.45, 2.75) is 13.0 Å². The molecule has 3 aromatic carbocycles. The van der Waals surface area contributed by atoms with Gasteiger partial charge in [0, 0.05) is 6.07 Å². The molecule has 1 aromatic heterocycles. The maximum atomic E-state index is 12.8. The van der Waals surface area contributed by atoms with E-state index in [4.69, 9.17) is 14.4 Å². The summed E-state index contributed by atoms with van der Waals surface area (Å²) >= 11 is 0. The molecule has 0 bridgehead atoms. The van der Waals surface area contributed by atoms with Crippen LogP contribution in [0.4, 0.5) is 5.69 Å². The smallest absolute Gasteiger partial charge is 0.265 e. The Bertz CT molecular complexity index is 1350. The summed E-state index contributed by atoms with van der Waals surface area (Å²) in [5.74, 6) is -0.0111. The predicted octanol–water partition coefficient (Wildman–Crippen LogP) is 4.74. The molecule has 0 saturated heterocycles. The van der Waals surface area contributed by atoms with Crippen LogP contribution < -0.4 is 15.5 Å². The summed E-state index contributed by atoms with van der Waals surface area (Å²) in [4.78, 5) is 25.3. The Morgan fingerprint density at radius 1 is 1.06 bits per heavy atom. The minimum atomic E-state index is -0.834. The summed E-state index contributed by atoms with van der Waals surface area (Å²) in [5, 5.41) is 12.3. The standard InChI is InChI=1S/C25H18N2O4/c1-16(25(29)27-22-10-6-5-9-18(22)14-26)31-19-11-12-20-23(13-19)30-15-21(24(20)28)17-7-3-2-4-8-17/h2-13,15-16H,1H3,(H,27,29)/t16-/m0/s1. The number of amides is 1. The maximum absolute atomic E-state index is 12.8. The van der Waals surface area contributed by atoms with E-state index < -0.39 is 12.0 Å². The van der Waals surface area contributed by atoms with Crippen molar-refractivity contribution in [1.82, 2.24) is 0 Å². The number of rotatable bonds is 5. The summed E-state index contributed by atoms with van der Waals surface area (Å²) in [6.07, 6.45) is 0.596. The molecule has 6 heteroatoms. The highest BCUT2D eigenvalue weighted by molar-refractivity contribution is 5.95. The van der Waals surface area contributed by atoms with Crippen LogP contribution in [-0.2, 0) is 4.79 Å². The van der Waals surface area contributed by atoms with Crippen molar-refractivity contribution in [2.75, 3.05) is 5.32 Å². The van der Waals surface area contributed by atoms with Gasteiger partial charge in [-0.2, -0.15) is 5.26 Å². The molecule has 0 radical (unpaired) electrons. The highest BCUT2D eigenvalue weighted by Crippen LogP contribution is 2.24. The Kier molecular flexibility index (Phi) is 5.50. The van der Waals surface area contributed by atoms with Gasteiger partial charge in [0.15, 0.2) is 11.5 Å². The molecule has 31 heavy (non-hydrogen) atoms. The van der Waals surface area contributed by atoms with Gasteiger partial charge < -0.3 is 14.5 Å². The number of fused-ring (bicyclic) bond motifs is 1. The van der Waals surface area contributed by atoms with Crippen LogP contribution in [0.15, 0.2) is 88.3 Å². The first kappa shape index (κ1) is 19.9. The lowest BCUT2D eigenvalue weighted by Crippen LogP contribution is -2.30. The van der Waals surface area contributed by atoms with Crippen molar-refractivity contribution in [3.05, 3.63) is 94.8 Å². The molecule has 0 saturated carbocycles. The van der Waals surface area contributed by atoms with E-state index in [1.54, 1.807) is 49.4 Å². The fourth-order valence-electron chi connectivity index (χ4n) is 3.18. The molecule has 0 aliphatic rings. The zero-order valence-corrected chi connectivity index (χ0v) is 16.7. The number of nitrogens with one attached hydrogen (secondary N) is 1. The first-order valence-corrected chi connectivity index (χ1v) is 9.64. The van der Waals surface area contributed by atoms with Crippen molar-refractivity contribution in [1.29, 1.82) is 5.26 Å². The summed E-state index contributed by atoms with van der Waals surface area (Å²) < 4.78 is 11.4. The Hall–Kier alpha value is -4.37. The van der Waals surface area contributed by atoms with Gasteiger partial charge in [-0.15, -0.1) is 0 Å². The van der Waals surface area contributed by atoms with Crippen LogP contribution in [0, 0.1) is 11.3 Å². The molecule has 0 aliphatic carbocycles. The van der Waals surface area contributed by atoms with Gasteiger partial charge >= 0.3 is 0 Å². The van der Waals surface area contributed by atoms with Crippen LogP contribution in [0.3, 0.4) is 0 Å². The first-order chi connectivity index (χ1) is 15.1. The monoisotopic (exact) mass is 410 g/mol. The average molecular weight is 410 g/mol. The van der Waals surface area contributed by atoms with E-state index in [0.717, 1.165) is 5.56 Å². The molecule has 4 rings (SSSR count). The van der Waals surface area contributed by atoms with Crippen LogP contribution in [0.5, 0.6) is 5.75 Å².